The van der Waals surface area contributed by atoms with E-state index in [0.717, 1.165) is 23.2 Å². The van der Waals surface area contributed by atoms with E-state index in [-0.39, 0.29) is 5.91 Å². The first-order valence-electron chi connectivity index (χ1n) is 11.3. The highest BCUT2D eigenvalue weighted by molar-refractivity contribution is 6.07. The number of hydrogen-bond acceptors (Lipinski definition) is 6. The lowest BCUT2D eigenvalue weighted by Gasteiger charge is -2.28. The average molecular weight is 477 g/mol. The zero-order valence-electron chi connectivity index (χ0n) is 19.8. The van der Waals surface area contributed by atoms with Crippen molar-refractivity contribution in [1.29, 1.82) is 5.41 Å². The Kier molecular flexibility index (Phi) is 6.15. The number of hydrogen-bond donors (Lipinski definition) is 3. The molecule has 1 aliphatic rings. The van der Waals surface area contributed by atoms with E-state index >= 15 is 0 Å². The number of carbonyl (C=O) groups excluding carboxylic acids is 1. The van der Waals surface area contributed by atoms with E-state index in [0.29, 0.717) is 39.8 Å². The van der Waals surface area contributed by atoms with Crippen molar-refractivity contribution in [2.75, 3.05) is 29.6 Å². The summed E-state index contributed by atoms with van der Waals surface area (Å²) in [4.78, 5) is 14.9. The Labute approximate surface area is 208 Å². The minimum Gasteiger partial charge on any atom is -0.451 e. The van der Waals surface area contributed by atoms with Crippen LogP contribution < -0.4 is 20.3 Å². The summed E-state index contributed by atoms with van der Waals surface area (Å²) in [5, 5.41) is 21.9. The van der Waals surface area contributed by atoms with Crippen molar-refractivity contribution in [1.82, 2.24) is 0 Å². The molecule has 8 nitrogen and oxygen atoms in total. The summed E-state index contributed by atoms with van der Waals surface area (Å²) in [5.74, 6) is 0.802. The van der Waals surface area contributed by atoms with Crippen molar-refractivity contribution in [3.8, 4) is 22.6 Å². The normalized spacial score (nSPS) is 11.6. The van der Waals surface area contributed by atoms with Crippen LogP contribution in [-0.4, -0.2) is 26.3 Å². The molecule has 0 atom stereocenters. The molecule has 1 amide bonds. The van der Waals surface area contributed by atoms with Gasteiger partial charge in [0.15, 0.2) is 11.5 Å². The summed E-state index contributed by atoms with van der Waals surface area (Å²) >= 11 is 0. The lowest BCUT2D eigenvalue weighted by Crippen LogP contribution is -2.15. The molecule has 4 aromatic rings. The van der Waals surface area contributed by atoms with Crippen LogP contribution >= 0.6 is 0 Å². The van der Waals surface area contributed by atoms with Gasteiger partial charge in [-0.15, -0.1) is 10.2 Å². The minimum atomic E-state index is -0.233. The first kappa shape index (κ1) is 22.8. The zero-order chi connectivity index (χ0) is 25.1. The number of carbonyl (C=O) groups is 1. The second-order valence-corrected chi connectivity index (χ2v) is 8.32. The van der Waals surface area contributed by atoms with Gasteiger partial charge in [-0.25, -0.2) is 0 Å². The smallest absolute Gasteiger partial charge is 0.255 e. The Bertz CT molecular complexity index is 1470. The highest BCUT2D eigenvalue weighted by Gasteiger charge is 2.28. The molecular formula is C28H24N6O2. The highest BCUT2D eigenvalue weighted by atomic mass is 16.5. The molecular weight excluding hydrogens is 452 g/mol. The number of ether oxygens (including phenoxy) is 1. The molecule has 0 saturated heterocycles. The number of fused-ring (bicyclic) bond motifs is 2. The first-order valence-corrected chi connectivity index (χ1v) is 11.3. The number of nitrogens with one attached hydrogen (secondary N) is 3. The fourth-order valence-electron chi connectivity index (χ4n) is 4.10. The topological polar surface area (TPSA) is 102 Å². The number of benzene rings is 4. The zero-order valence-corrected chi connectivity index (χ0v) is 19.8. The third-order valence-corrected chi connectivity index (χ3v) is 5.80. The molecule has 0 aromatic heterocycles. The third kappa shape index (κ3) is 4.27. The van der Waals surface area contributed by atoms with Crippen LogP contribution in [0.3, 0.4) is 0 Å². The van der Waals surface area contributed by atoms with Gasteiger partial charge in [-0.05, 0) is 42.0 Å². The second-order valence-electron chi connectivity index (χ2n) is 8.32. The van der Waals surface area contributed by atoms with Gasteiger partial charge in [-0.1, -0.05) is 48.5 Å². The molecule has 0 fully saturated rings. The third-order valence-electron chi connectivity index (χ3n) is 5.80. The molecule has 0 unspecified atom stereocenters. The van der Waals surface area contributed by atoms with Gasteiger partial charge in [0.25, 0.3) is 5.91 Å². The Morgan fingerprint density at radius 3 is 2.36 bits per heavy atom. The van der Waals surface area contributed by atoms with Gasteiger partial charge in [0.05, 0.1) is 17.1 Å². The average Bonchev–Trinajstić information content (AvgIpc) is 2.91. The van der Waals surface area contributed by atoms with E-state index in [4.69, 9.17) is 10.1 Å². The van der Waals surface area contributed by atoms with Crippen LogP contribution in [0.15, 0.2) is 95.2 Å². The van der Waals surface area contributed by atoms with Crippen molar-refractivity contribution in [2.24, 2.45) is 10.2 Å². The standard InChI is InChI=1S/C28H24N6O2/c1-34(2)22-15-16-23-26(25(22)33-30-17-29)32-24-20(18-9-5-3-6-10-18)13-14-21(27(24)36-23)31-28(35)19-11-7-4-8-12-19/h3-17,29,32H,1-2H3,(H,31,35). The van der Waals surface area contributed by atoms with Crippen LogP contribution in [0, 0.1) is 5.41 Å². The minimum absolute atomic E-state index is 0.233. The Morgan fingerprint density at radius 2 is 1.67 bits per heavy atom. The number of anilines is 4. The second kappa shape index (κ2) is 9.71. The van der Waals surface area contributed by atoms with E-state index in [1.54, 1.807) is 12.1 Å². The molecule has 4 aromatic carbocycles. The number of amides is 1. The van der Waals surface area contributed by atoms with Crippen molar-refractivity contribution >= 4 is 40.7 Å². The van der Waals surface area contributed by atoms with E-state index in [1.165, 1.54) is 0 Å². The van der Waals surface area contributed by atoms with E-state index in [1.807, 2.05) is 91.8 Å². The number of rotatable bonds is 6. The summed E-state index contributed by atoms with van der Waals surface area (Å²) in [6.07, 6.45) is 0.892. The molecule has 36 heavy (non-hydrogen) atoms. The largest absolute Gasteiger partial charge is 0.451 e. The van der Waals surface area contributed by atoms with Crippen molar-refractivity contribution < 1.29 is 9.53 Å². The molecule has 1 heterocycles. The van der Waals surface area contributed by atoms with Gasteiger partial charge in [-0.2, -0.15) is 0 Å². The maximum atomic E-state index is 13.0. The summed E-state index contributed by atoms with van der Waals surface area (Å²) in [6, 6.07) is 26.5. The monoisotopic (exact) mass is 476 g/mol. The lowest BCUT2D eigenvalue weighted by molar-refractivity contribution is 0.102. The highest BCUT2D eigenvalue weighted by Crippen LogP contribution is 2.54. The molecule has 0 radical (unpaired) electrons. The van der Waals surface area contributed by atoms with Gasteiger partial charge in [0.2, 0.25) is 0 Å². The molecule has 0 spiro atoms. The van der Waals surface area contributed by atoms with Crippen LogP contribution in [0.25, 0.3) is 11.1 Å². The summed E-state index contributed by atoms with van der Waals surface area (Å²) in [6.45, 7) is 0. The van der Waals surface area contributed by atoms with Crippen LogP contribution in [0.1, 0.15) is 10.4 Å². The quantitative estimate of drug-likeness (QED) is 0.137. The van der Waals surface area contributed by atoms with Gasteiger partial charge < -0.3 is 20.3 Å². The van der Waals surface area contributed by atoms with Crippen LogP contribution in [0.4, 0.5) is 28.4 Å². The molecule has 1 aliphatic heterocycles. The maximum Gasteiger partial charge on any atom is 0.255 e. The molecule has 0 aliphatic carbocycles. The van der Waals surface area contributed by atoms with Crippen molar-refractivity contribution in [2.45, 2.75) is 0 Å². The molecule has 5 rings (SSSR count). The van der Waals surface area contributed by atoms with Gasteiger partial charge in [-0.3, -0.25) is 10.2 Å². The first-order chi connectivity index (χ1) is 17.6. The summed E-state index contributed by atoms with van der Waals surface area (Å²) in [7, 11) is 3.82. The van der Waals surface area contributed by atoms with E-state index in [9.17, 15) is 4.79 Å². The molecule has 0 saturated carbocycles. The predicted octanol–water partition coefficient (Wildman–Crippen LogP) is 7.21. The Morgan fingerprint density at radius 1 is 0.944 bits per heavy atom. The summed E-state index contributed by atoms with van der Waals surface area (Å²) in [5.41, 5.74) is 5.66. The van der Waals surface area contributed by atoms with Crippen molar-refractivity contribution in [3.05, 3.63) is 90.5 Å². The maximum absolute atomic E-state index is 13.0. The predicted molar refractivity (Wildman–Crippen MR) is 144 cm³/mol. The fourth-order valence-corrected chi connectivity index (χ4v) is 4.10. The van der Waals surface area contributed by atoms with E-state index in [2.05, 4.69) is 20.9 Å². The molecule has 0 bridgehead atoms. The summed E-state index contributed by atoms with van der Waals surface area (Å²) < 4.78 is 6.41. The van der Waals surface area contributed by atoms with Crippen LogP contribution in [0.5, 0.6) is 11.5 Å². The van der Waals surface area contributed by atoms with Crippen molar-refractivity contribution in [3.63, 3.8) is 0 Å². The van der Waals surface area contributed by atoms with Gasteiger partial charge in [0.1, 0.15) is 17.7 Å². The Hall–Kier alpha value is -4.98. The van der Waals surface area contributed by atoms with E-state index < -0.39 is 0 Å². The SMILES string of the molecule is CN(C)c1ccc2c(c1N=NC=N)Nc1c(-c3ccccc3)ccc(NC(=O)c3ccccc3)c1O2. The Balaban J connectivity index is 1.65. The van der Waals surface area contributed by atoms with Crippen LogP contribution in [0.2, 0.25) is 0 Å². The molecule has 3 N–H and O–H groups in total. The fraction of sp³-hybridized carbons (Fsp3) is 0.0714. The van der Waals surface area contributed by atoms with Gasteiger partial charge >= 0.3 is 0 Å². The van der Waals surface area contributed by atoms with Crippen LogP contribution in [-0.2, 0) is 0 Å². The number of nitrogens with zero attached hydrogens (tertiary/aromatic N) is 3. The lowest BCUT2D eigenvalue weighted by atomic mass is 10.00. The molecule has 8 heteroatoms. The number of azo groups is 1. The molecule has 178 valence electrons. The van der Waals surface area contributed by atoms with Gasteiger partial charge in [0, 0.05) is 25.2 Å².